The van der Waals surface area contributed by atoms with Crippen LogP contribution in [0.15, 0.2) is 0 Å². The summed E-state index contributed by atoms with van der Waals surface area (Å²) >= 11 is 0. The van der Waals surface area contributed by atoms with Crippen molar-refractivity contribution in [2.45, 2.75) is 45.8 Å². The summed E-state index contributed by atoms with van der Waals surface area (Å²) in [5.74, 6) is 0.0660. The average molecular weight is 217 g/mol. The number of hydrogen-bond acceptors (Lipinski definition) is 3. The number of aliphatic hydroxyl groups is 1. The lowest BCUT2D eigenvalue weighted by Crippen LogP contribution is -2.30. The third kappa shape index (κ3) is 8.39. The summed E-state index contributed by atoms with van der Waals surface area (Å²) in [5.41, 5.74) is 0. The Labute approximate surface area is 92.2 Å². The van der Waals surface area contributed by atoms with E-state index in [1.807, 2.05) is 13.8 Å². The summed E-state index contributed by atoms with van der Waals surface area (Å²) in [6, 6.07) is 0. The molecule has 0 bridgehead atoms. The van der Waals surface area contributed by atoms with Gasteiger partial charge in [-0.15, -0.1) is 0 Å². The molecular weight excluding hydrogens is 194 g/mol. The zero-order valence-electron chi connectivity index (χ0n) is 10.2. The third-order valence-electron chi connectivity index (χ3n) is 2.08. The van der Waals surface area contributed by atoms with Crippen molar-refractivity contribution in [3.05, 3.63) is 0 Å². The van der Waals surface area contributed by atoms with E-state index in [4.69, 9.17) is 9.84 Å². The first-order valence-corrected chi connectivity index (χ1v) is 5.47. The molecule has 0 spiro atoms. The topological polar surface area (TPSA) is 49.8 Å². The Morgan fingerprint density at radius 1 is 1.40 bits per heavy atom. The Kier molecular flexibility index (Phi) is 7.34. The second kappa shape index (κ2) is 7.65. The lowest BCUT2D eigenvalue weighted by molar-refractivity contribution is -0.131. The van der Waals surface area contributed by atoms with Gasteiger partial charge < -0.3 is 14.7 Å². The van der Waals surface area contributed by atoms with Gasteiger partial charge in [-0.2, -0.15) is 0 Å². The fourth-order valence-electron chi connectivity index (χ4n) is 1.08. The molecule has 0 aromatic heterocycles. The number of hydrogen-bond donors (Lipinski definition) is 1. The molecule has 0 saturated heterocycles. The summed E-state index contributed by atoms with van der Waals surface area (Å²) in [6.07, 6.45) is 0.842. The van der Waals surface area contributed by atoms with Crippen LogP contribution in [0.5, 0.6) is 0 Å². The monoisotopic (exact) mass is 217 g/mol. The maximum absolute atomic E-state index is 11.5. The normalized spacial score (nSPS) is 12.9. The van der Waals surface area contributed by atoms with Gasteiger partial charge in [0.2, 0.25) is 5.91 Å². The third-order valence-corrected chi connectivity index (χ3v) is 2.08. The van der Waals surface area contributed by atoms with Crippen LogP contribution in [0.2, 0.25) is 0 Å². The van der Waals surface area contributed by atoms with Gasteiger partial charge >= 0.3 is 0 Å². The van der Waals surface area contributed by atoms with E-state index in [0.717, 1.165) is 0 Å². The molecule has 0 aliphatic carbocycles. The molecular formula is C11H23NO3. The van der Waals surface area contributed by atoms with Gasteiger partial charge in [-0.1, -0.05) is 0 Å². The van der Waals surface area contributed by atoms with Crippen LogP contribution in [0, 0.1) is 0 Å². The van der Waals surface area contributed by atoms with Crippen LogP contribution >= 0.6 is 0 Å². The molecule has 0 fully saturated rings. The summed E-state index contributed by atoms with van der Waals surface area (Å²) in [5, 5.41) is 9.07. The molecule has 0 aliphatic heterocycles. The molecule has 1 N–H and O–H groups in total. The van der Waals surface area contributed by atoms with Crippen LogP contribution < -0.4 is 0 Å². The van der Waals surface area contributed by atoms with Gasteiger partial charge in [0.05, 0.1) is 25.2 Å². The second-order valence-corrected chi connectivity index (χ2v) is 4.12. The van der Waals surface area contributed by atoms with Gasteiger partial charge in [-0.3, -0.25) is 4.79 Å². The van der Waals surface area contributed by atoms with E-state index in [1.54, 1.807) is 18.9 Å². The van der Waals surface area contributed by atoms with Crippen LogP contribution in [-0.4, -0.2) is 48.3 Å². The summed E-state index contributed by atoms with van der Waals surface area (Å²) in [6.45, 7) is 6.68. The molecule has 0 rings (SSSR count). The zero-order chi connectivity index (χ0) is 11.8. The van der Waals surface area contributed by atoms with Gasteiger partial charge in [0.25, 0.3) is 0 Å². The number of rotatable bonds is 7. The Bertz CT molecular complexity index is 181. The van der Waals surface area contributed by atoms with Gasteiger partial charge in [0.1, 0.15) is 0 Å². The Morgan fingerprint density at radius 3 is 2.47 bits per heavy atom. The number of ether oxygens (including phenoxy) is 1. The zero-order valence-corrected chi connectivity index (χ0v) is 10.2. The molecule has 15 heavy (non-hydrogen) atoms. The molecule has 4 nitrogen and oxygen atoms in total. The molecule has 1 amide bonds. The van der Waals surface area contributed by atoms with Crippen molar-refractivity contribution >= 4 is 5.91 Å². The smallest absolute Gasteiger partial charge is 0.224 e. The van der Waals surface area contributed by atoms with E-state index in [2.05, 4.69) is 0 Å². The molecule has 0 aromatic rings. The largest absolute Gasteiger partial charge is 0.393 e. The fourth-order valence-corrected chi connectivity index (χ4v) is 1.08. The molecule has 1 atom stereocenters. The van der Waals surface area contributed by atoms with E-state index >= 15 is 0 Å². The maximum atomic E-state index is 11.5. The second-order valence-electron chi connectivity index (χ2n) is 4.12. The molecule has 0 heterocycles. The van der Waals surface area contributed by atoms with E-state index in [9.17, 15) is 4.79 Å². The van der Waals surface area contributed by atoms with Crippen molar-refractivity contribution < 1.29 is 14.6 Å². The van der Waals surface area contributed by atoms with Gasteiger partial charge in [0, 0.05) is 13.6 Å². The molecule has 4 heteroatoms. The Hall–Kier alpha value is -0.610. The molecule has 0 radical (unpaired) electrons. The van der Waals surface area contributed by atoms with E-state index in [-0.39, 0.29) is 18.1 Å². The summed E-state index contributed by atoms with van der Waals surface area (Å²) < 4.78 is 5.29. The maximum Gasteiger partial charge on any atom is 0.224 e. The summed E-state index contributed by atoms with van der Waals surface area (Å²) in [4.78, 5) is 13.1. The molecule has 0 saturated carbocycles. The van der Waals surface area contributed by atoms with Crippen molar-refractivity contribution in [3.8, 4) is 0 Å². The van der Waals surface area contributed by atoms with Crippen LogP contribution in [0.3, 0.4) is 0 Å². The molecule has 1 unspecified atom stereocenters. The van der Waals surface area contributed by atoms with Crippen molar-refractivity contribution in [1.82, 2.24) is 4.90 Å². The minimum Gasteiger partial charge on any atom is -0.393 e. The Balaban J connectivity index is 3.60. The van der Waals surface area contributed by atoms with E-state index < -0.39 is 0 Å². The minimum atomic E-state index is -0.354. The highest BCUT2D eigenvalue weighted by molar-refractivity contribution is 5.75. The lowest BCUT2D eigenvalue weighted by Gasteiger charge is -2.18. The first-order chi connectivity index (χ1) is 6.93. The predicted octanol–water partition coefficient (Wildman–Crippen LogP) is 1.03. The lowest BCUT2D eigenvalue weighted by atomic mass is 10.2. The first-order valence-electron chi connectivity index (χ1n) is 5.47. The highest BCUT2D eigenvalue weighted by atomic mass is 16.5. The van der Waals surface area contributed by atoms with Crippen molar-refractivity contribution in [2.24, 2.45) is 0 Å². The van der Waals surface area contributed by atoms with Crippen LogP contribution in [0.4, 0.5) is 0 Å². The van der Waals surface area contributed by atoms with Gasteiger partial charge in [-0.25, -0.2) is 0 Å². The number of nitrogens with zero attached hydrogens (tertiary/aromatic N) is 1. The number of amides is 1. The van der Waals surface area contributed by atoms with Gasteiger partial charge in [0.15, 0.2) is 0 Å². The van der Waals surface area contributed by atoms with Crippen LogP contribution in [0.1, 0.15) is 33.6 Å². The number of aliphatic hydroxyl groups excluding tert-OH is 1. The average Bonchev–Trinajstić information content (AvgIpc) is 2.13. The minimum absolute atomic E-state index is 0.0660. The predicted molar refractivity (Wildman–Crippen MR) is 59.6 cm³/mol. The highest BCUT2D eigenvalue weighted by Gasteiger charge is 2.09. The SMILES string of the molecule is CC(O)CCN(C)C(=O)CCOC(C)C. The molecule has 90 valence electrons. The standard InChI is InChI=1S/C11H23NO3/c1-9(2)15-8-6-11(14)12(4)7-5-10(3)13/h9-10,13H,5-8H2,1-4H3. The van der Waals surface area contributed by atoms with E-state index in [0.29, 0.717) is 26.0 Å². The van der Waals surface area contributed by atoms with Crippen LogP contribution in [-0.2, 0) is 9.53 Å². The van der Waals surface area contributed by atoms with Crippen molar-refractivity contribution in [1.29, 1.82) is 0 Å². The number of carbonyl (C=O) groups excluding carboxylic acids is 1. The molecule has 0 aliphatic rings. The quantitative estimate of drug-likeness (QED) is 0.693. The van der Waals surface area contributed by atoms with Crippen molar-refractivity contribution in [2.75, 3.05) is 20.2 Å². The summed E-state index contributed by atoms with van der Waals surface area (Å²) in [7, 11) is 1.75. The first kappa shape index (κ1) is 14.4. The highest BCUT2D eigenvalue weighted by Crippen LogP contribution is 1.98. The van der Waals surface area contributed by atoms with E-state index in [1.165, 1.54) is 0 Å². The molecule has 0 aromatic carbocycles. The van der Waals surface area contributed by atoms with Crippen LogP contribution in [0.25, 0.3) is 0 Å². The number of carbonyl (C=O) groups is 1. The van der Waals surface area contributed by atoms with Gasteiger partial charge in [-0.05, 0) is 27.2 Å². The fraction of sp³-hybridized carbons (Fsp3) is 0.909. The van der Waals surface area contributed by atoms with Crippen molar-refractivity contribution in [3.63, 3.8) is 0 Å². The Morgan fingerprint density at radius 2 is 2.00 bits per heavy atom.